The molecule has 0 aliphatic rings. The van der Waals surface area contributed by atoms with E-state index in [2.05, 4.69) is 19.2 Å². The van der Waals surface area contributed by atoms with Gasteiger partial charge >= 0.3 is 0 Å². The lowest BCUT2D eigenvalue weighted by molar-refractivity contribution is -0.117. The second kappa shape index (κ2) is 9.78. The monoisotopic (exact) mass is 418 g/mol. The van der Waals surface area contributed by atoms with E-state index in [1.807, 2.05) is 31.2 Å². The van der Waals surface area contributed by atoms with Gasteiger partial charge in [0.25, 0.3) is 0 Å². The number of nitrogens with zero attached hydrogens (tertiary/aromatic N) is 1. The van der Waals surface area contributed by atoms with E-state index >= 15 is 0 Å². The Balaban J connectivity index is 2.29. The van der Waals surface area contributed by atoms with Crippen molar-refractivity contribution in [2.75, 3.05) is 22.5 Å². The Kier molecular flexibility index (Phi) is 7.67. The van der Waals surface area contributed by atoms with Crippen molar-refractivity contribution in [1.82, 2.24) is 0 Å². The van der Waals surface area contributed by atoms with E-state index in [4.69, 9.17) is 4.74 Å². The van der Waals surface area contributed by atoms with Crippen LogP contribution in [0.1, 0.15) is 45.6 Å². The highest BCUT2D eigenvalue weighted by Gasteiger charge is 2.31. The van der Waals surface area contributed by atoms with Crippen LogP contribution in [0.5, 0.6) is 5.75 Å². The number of nitrogens with one attached hydrogen (secondary N) is 1. The molecule has 0 saturated heterocycles. The van der Waals surface area contributed by atoms with E-state index in [9.17, 15) is 13.2 Å². The molecule has 1 N–H and O–H groups in total. The van der Waals surface area contributed by atoms with E-state index in [-0.39, 0.29) is 5.91 Å². The average molecular weight is 419 g/mol. The minimum Gasteiger partial charge on any atom is -0.494 e. The predicted octanol–water partition coefficient (Wildman–Crippen LogP) is 4.39. The van der Waals surface area contributed by atoms with Gasteiger partial charge in [-0.2, -0.15) is 0 Å². The summed E-state index contributed by atoms with van der Waals surface area (Å²) in [6.07, 6.45) is 1.44. The summed E-state index contributed by atoms with van der Waals surface area (Å²) in [7, 11) is -3.68. The highest BCUT2D eigenvalue weighted by atomic mass is 32.2. The van der Waals surface area contributed by atoms with E-state index in [1.54, 1.807) is 31.2 Å². The molecule has 2 rings (SSSR count). The van der Waals surface area contributed by atoms with Crippen LogP contribution in [0.4, 0.5) is 11.4 Å². The van der Waals surface area contributed by atoms with Crippen molar-refractivity contribution in [3.05, 3.63) is 54.1 Å². The van der Waals surface area contributed by atoms with E-state index in [0.717, 1.165) is 6.26 Å². The molecule has 0 aliphatic heterocycles. The summed E-state index contributed by atoms with van der Waals surface area (Å²) in [5, 5.41) is 2.84. The Morgan fingerprint density at radius 3 is 2.07 bits per heavy atom. The Labute approximate surface area is 173 Å². The van der Waals surface area contributed by atoms with Crippen LogP contribution < -0.4 is 14.4 Å². The molecule has 0 aromatic heterocycles. The Morgan fingerprint density at radius 2 is 1.62 bits per heavy atom. The SMILES string of the molecule is CCOc1ccc(N(C(CC)C(=O)Nc2ccc(C(C)C)cc2)S(C)(=O)=O)cc1. The molecule has 1 amide bonds. The largest absolute Gasteiger partial charge is 0.494 e. The van der Waals surface area contributed by atoms with Crippen molar-refractivity contribution in [3.63, 3.8) is 0 Å². The van der Waals surface area contributed by atoms with Crippen LogP contribution in [0.3, 0.4) is 0 Å². The van der Waals surface area contributed by atoms with Gasteiger partial charge in [0.05, 0.1) is 18.6 Å². The molecular weight excluding hydrogens is 388 g/mol. The molecule has 1 atom stereocenters. The third-order valence-electron chi connectivity index (χ3n) is 4.58. The fraction of sp³-hybridized carbons (Fsp3) is 0.409. The molecule has 2 aromatic carbocycles. The van der Waals surface area contributed by atoms with Crippen LogP contribution in [0, 0.1) is 0 Å². The van der Waals surface area contributed by atoms with Crippen molar-refractivity contribution in [2.45, 2.75) is 46.1 Å². The number of sulfonamides is 1. The summed E-state index contributed by atoms with van der Waals surface area (Å²) in [4.78, 5) is 13.0. The number of amides is 1. The molecule has 0 fully saturated rings. The molecule has 158 valence electrons. The lowest BCUT2D eigenvalue weighted by Gasteiger charge is -2.30. The first-order chi connectivity index (χ1) is 13.7. The minimum absolute atomic E-state index is 0.330. The van der Waals surface area contributed by atoms with Gasteiger partial charge in [0.1, 0.15) is 11.8 Å². The molecule has 6 nitrogen and oxygen atoms in total. The molecule has 0 bridgehead atoms. The molecule has 1 unspecified atom stereocenters. The molecule has 0 spiro atoms. The second-order valence-electron chi connectivity index (χ2n) is 7.18. The summed E-state index contributed by atoms with van der Waals surface area (Å²) in [6, 6.07) is 13.4. The summed E-state index contributed by atoms with van der Waals surface area (Å²) in [5.74, 6) is 0.667. The molecule has 2 aromatic rings. The maximum atomic E-state index is 13.0. The lowest BCUT2D eigenvalue weighted by Crippen LogP contribution is -2.47. The second-order valence-corrected chi connectivity index (χ2v) is 9.04. The standard InChI is InChI=1S/C22H30N2O4S/c1-6-21(22(25)23-18-10-8-17(9-11-18)16(3)4)24(29(5,26)27)19-12-14-20(15-13-19)28-7-2/h8-16,21H,6-7H2,1-5H3,(H,23,25). The molecule has 29 heavy (non-hydrogen) atoms. The molecule has 7 heteroatoms. The summed E-state index contributed by atoms with van der Waals surface area (Å²) < 4.78 is 31.7. The van der Waals surface area contributed by atoms with Gasteiger partial charge in [-0.3, -0.25) is 9.10 Å². The third kappa shape index (κ3) is 5.97. The fourth-order valence-corrected chi connectivity index (χ4v) is 4.30. The van der Waals surface area contributed by atoms with Gasteiger partial charge in [-0.25, -0.2) is 8.42 Å². The Hall–Kier alpha value is -2.54. The van der Waals surface area contributed by atoms with Crippen molar-refractivity contribution >= 4 is 27.3 Å². The maximum absolute atomic E-state index is 13.0. The lowest BCUT2D eigenvalue weighted by atomic mass is 10.0. The minimum atomic E-state index is -3.68. The zero-order valence-corrected chi connectivity index (χ0v) is 18.5. The van der Waals surface area contributed by atoms with Crippen LogP contribution in [-0.4, -0.2) is 33.2 Å². The first-order valence-electron chi connectivity index (χ1n) is 9.80. The average Bonchev–Trinajstić information content (AvgIpc) is 2.66. The number of ether oxygens (including phenoxy) is 1. The van der Waals surface area contributed by atoms with Crippen LogP contribution >= 0.6 is 0 Å². The van der Waals surface area contributed by atoms with Crippen LogP contribution in [0.2, 0.25) is 0 Å². The fourth-order valence-electron chi connectivity index (χ4n) is 3.09. The molecular formula is C22H30N2O4S. The van der Waals surface area contributed by atoms with Gasteiger partial charge in [-0.15, -0.1) is 0 Å². The Bertz CT molecular complexity index is 907. The number of benzene rings is 2. The van der Waals surface area contributed by atoms with Gasteiger partial charge in [-0.1, -0.05) is 32.9 Å². The number of rotatable bonds is 9. The third-order valence-corrected chi connectivity index (χ3v) is 5.76. The highest BCUT2D eigenvalue weighted by molar-refractivity contribution is 7.92. The van der Waals surface area contributed by atoms with Gasteiger partial charge in [0.2, 0.25) is 15.9 Å². The number of carbonyl (C=O) groups excluding carboxylic acids is 1. The smallest absolute Gasteiger partial charge is 0.248 e. The number of anilines is 2. The topological polar surface area (TPSA) is 75.7 Å². The molecule has 0 saturated carbocycles. The summed E-state index contributed by atoms with van der Waals surface area (Å²) >= 11 is 0. The number of carbonyl (C=O) groups is 1. The van der Waals surface area contributed by atoms with Crippen molar-refractivity contribution in [2.24, 2.45) is 0 Å². The quantitative estimate of drug-likeness (QED) is 0.655. The maximum Gasteiger partial charge on any atom is 0.248 e. The van der Waals surface area contributed by atoms with Gasteiger partial charge in [0, 0.05) is 5.69 Å². The van der Waals surface area contributed by atoms with Crippen molar-refractivity contribution in [3.8, 4) is 5.75 Å². The van der Waals surface area contributed by atoms with Gasteiger partial charge in [-0.05, 0) is 61.2 Å². The van der Waals surface area contributed by atoms with Crippen molar-refractivity contribution in [1.29, 1.82) is 0 Å². The van der Waals surface area contributed by atoms with Crippen LogP contribution in [0.15, 0.2) is 48.5 Å². The summed E-state index contributed by atoms with van der Waals surface area (Å²) in [5.41, 5.74) is 2.23. The number of hydrogen-bond acceptors (Lipinski definition) is 4. The van der Waals surface area contributed by atoms with E-state index in [1.165, 1.54) is 9.87 Å². The number of hydrogen-bond donors (Lipinski definition) is 1. The molecule has 0 heterocycles. The van der Waals surface area contributed by atoms with E-state index in [0.29, 0.717) is 36.1 Å². The van der Waals surface area contributed by atoms with Crippen LogP contribution in [0.25, 0.3) is 0 Å². The van der Waals surface area contributed by atoms with E-state index < -0.39 is 16.1 Å². The molecule has 0 aliphatic carbocycles. The Morgan fingerprint density at radius 1 is 1.03 bits per heavy atom. The first kappa shape index (κ1) is 22.7. The van der Waals surface area contributed by atoms with Crippen LogP contribution in [-0.2, 0) is 14.8 Å². The first-order valence-corrected chi connectivity index (χ1v) is 11.6. The normalized spacial score (nSPS) is 12.5. The van der Waals surface area contributed by atoms with Gasteiger partial charge < -0.3 is 10.1 Å². The summed E-state index contributed by atoms with van der Waals surface area (Å²) in [6.45, 7) is 8.38. The zero-order valence-electron chi connectivity index (χ0n) is 17.7. The molecule has 0 radical (unpaired) electrons. The van der Waals surface area contributed by atoms with Gasteiger partial charge in [0.15, 0.2) is 0 Å². The predicted molar refractivity (Wildman–Crippen MR) is 118 cm³/mol. The zero-order chi connectivity index (χ0) is 21.6. The van der Waals surface area contributed by atoms with Crippen molar-refractivity contribution < 1.29 is 17.9 Å². The highest BCUT2D eigenvalue weighted by Crippen LogP contribution is 2.26.